The SMILES string of the molecule is CCc1cccc2c1NC(=O)C21NC(CCC(N)=O)[C@H]2C(=O)N(Cc3ccc4c(c3)OCO4)C(=O)[C@H]21. The molecule has 4 heterocycles. The van der Waals surface area contributed by atoms with E-state index in [-0.39, 0.29) is 38.0 Å². The molecule has 4 aliphatic heterocycles. The van der Waals surface area contributed by atoms with Crippen LogP contribution >= 0.6 is 0 Å². The Morgan fingerprint density at radius 2 is 1.94 bits per heavy atom. The second kappa shape index (κ2) is 8.06. The number of primary amides is 1. The van der Waals surface area contributed by atoms with Gasteiger partial charge in [-0.3, -0.25) is 29.4 Å². The van der Waals surface area contributed by atoms with Gasteiger partial charge in [0.1, 0.15) is 5.54 Å². The van der Waals surface area contributed by atoms with Crippen LogP contribution in [0.3, 0.4) is 0 Å². The van der Waals surface area contributed by atoms with Crippen molar-refractivity contribution in [2.24, 2.45) is 17.6 Å². The zero-order valence-corrected chi connectivity index (χ0v) is 19.7. The van der Waals surface area contributed by atoms with Crippen molar-refractivity contribution in [3.63, 3.8) is 0 Å². The normalized spacial score (nSPS) is 27.5. The Morgan fingerprint density at radius 3 is 2.72 bits per heavy atom. The number of aryl methyl sites for hydroxylation is 1. The van der Waals surface area contributed by atoms with E-state index in [2.05, 4.69) is 10.6 Å². The summed E-state index contributed by atoms with van der Waals surface area (Å²) in [5.74, 6) is -2.22. The highest BCUT2D eigenvalue weighted by atomic mass is 16.7. The molecule has 2 aromatic carbocycles. The average Bonchev–Trinajstić information content (AvgIpc) is 3.59. The van der Waals surface area contributed by atoms with Gasteiger partial charge in [0, 0.05) is 23.7 Å². The van der Waals surface area contributed by atoms with Gasteiger partial charge < -0.3 is 20.5 Å². The molecule has 1 spiro atoms. The summed E-state index contributed by atoms with van der Waals surface area (Å²) >= 11 is 0. The molecule has 4 aliphatic rings. The summed E-state index contributed by atoms with van der Waals surface area (Å²) in [6.07, 6.45) is 0.969. The topological polar surface area (TPSA) is 140 Å². The summed E-state index contributed by atoms with van der Waals surface area (Å²) in [5.41, 5.74) is 7.00. The molecule has 4 amide bonds. The number of rotatable bonds is 6. The van der Waals surface area contributed by atoms with Gasteiger partial charge in [0.15, 0.2) is 11.5 Å². The smallest absolute Gasteiger partial charge is 0.250 e. The maximum Gasteiger partial charge on any atom is 0.250 e. The first-order valence-electron chi connectivity index (χ1n) is 12.1. The third kappa shape index (κ3) is 3.07. The highest BCUT2D eigenvalue weighted by Crippen LogP contribution is 2.54. The molecule has 186 valence electrons. The van der Waals surface area contributed by atoms with Crippen LogP contribution in [-0.2, 0) is 37.7 Å². The number of benzene rings is 2. The van der Waals surface area contributed by atoms with E-state index in [1.165, 1.54) is 4.90 Å². The van der Waals surface area contributed by atoms with Crippen LogP contribution in [0.4, 0.5) is 5.69 Å². The molecule has 0 aromatic heterocycles. The van der Waals surface area contributed by atoms with Crippen LogP contribution in [0, 0.1) is 11.8 Å². The minimum absolute atomic E-state index is 0.0318. The number of carbonyl (C=O) groups excluding carboxylic acids is 4. The summed E-state index contributed by atoms with van der Waals surface area (Å²) in [6, 6.07) is 10.3. The first kappa shape index (κ1) is 22.5. The lowest BCUT2D eigenvalue weighted by Crippen LogP contribution is -2.53. The predicted octanol–water partition coefficient (Wildman–Crippen LogP) is 1.16. The fourth-order valence-corrected chi connectivity index (χ4v) is 6.17. The second-order valence-electron chi connectivity index (χ2n) is 9.66. The van der Waals surface area contributed by atoms with Crippen molar-refractivity contribution < 1.29 is 28.7 Å². The molecular weight excluding hydrogens is 464 g/mol. The third-order valence-electron chi connectivity index (χ3n) is 7.79. The van der Waals surface area contributed by atoms with Crippen LogP contribution in [0.15, 0.2) is 36.4 Å². The molecule has 10 nitrogen and oxygen atoms in total. The van der Waals surface area contributed by atoms with Crippen LogP contribution < -0.4 is 25.8 Å². The van der Waals surface area contributed by atoms with Gasteiger partial charge in [-0.15, -0.1) is 0 Å². The number of fused-ring (bicyclic) bond motifs is 5. The average molecular weight is 491 g/mol. The summed E-state index contributed by atoms with van der Waals surface area (Å²) in [7, 11) is 0. The number of likely N-dealkylation sites (tertiary alicyclic amines) is 1. The van der Waals surface area contributed by atoms with Gasteiger partial charge in [-0.2, -0.15) is 0 Å². The number of para-hydroxylation sites is 1. The van der Waals surface area contributed by atoms with Crippen LogP contribution in [0.25, 0.3) is 0 Å². The monoisotopic (exact) mass is 490 g/mol. The third-order valence-corrected chi connectivity index (χ3v) is 7.79. The van der Waals surface area contributed by atoms with Crippen LogP contribution in [0.1, 0.15) is 36.5 Å². The lowest BCUT2D eigenvalue weighted by atomic mass is 9.76. The molecule has 10 heteroatoms. The number of nitrogens with one attached hydrogen (secondary N) is 2. The molecule has 0 saturated carbocycles. The van der Waals surface area contributed by atoms with Gasteiger partial charge in [0.05, 0.1) is 18.4 Å². The number of carbonyl (C=O) groups is 4. The van der Waals surface area contributed by atoms with Crippen molar-refractivity contribution in [3.8, 4) is 11.5 Å². The Labute approximate surface area is 207 Å². The Bertz CT molecular complexity index is 1330. The van der Waals surface area contributed by atoms with Crippen LogP contribution in [-0.4, -0.2) is 41.4 Å². The highest BCUT2D eigenvalue weighted by molar-refractivity contribution is 6.15. The van der Waals surface area contributed by atoms with E-state index < -0.39 is 35.2 Å². The van der Waals surface area contributed by atoms with E-state index in [4.69, 9.17) is 15.2 Å². The molecule has 0 radical (unpaired) electrons. The molecule has 4 N–H and O–H groups in total. The van der Waals surface area contributed by atoms with Crippen molar-refractivity contribution in [2.45, 2.75) is 44.3 Å². The number of anilines is 1. The number of nitrogens with zero attached hydrogens (tertiary/aromatic N) is 1. The van der Waals surface area contributed by atoms with Crippen LogP contribution in [0.2, 0.25) is 0 Å². The second-order valence-corrected chi connectivity index (χ2v) is 9.66. The van der Waals surface area contributed by atoms with Gasteiger partial charge in [0.25, 0.3) is 0 Å². The lowest BCUT2D eigenvalue weighted by Gasteiger charge is -2.29. The molecule has 0 aliphatic carbocycles. The predicted molar refractivity (Wildman–Crippen MR) is 127 cm³/mol. The van der Waals surface area contributed by atoms with E-state index in [0.717, 1.165) is 5.56 Å². The molecule has 36 heavy (non-hydrogen) atoms. The number of ether oxygens (including phenoxy) is 2. The van der Waals surface area contributed by atoms with Gasteiger partial charge in [-0.05, 0) is 36.1 Å². The zero-order chi connectivity index (χ0) is 25.2. The number of nitrogens with two attached hydrogens (primary N) is 1. The maximum atomic E-state index is 13.9. The molecule has 2 unspecified atom stereocenters. The van der Waals surface area contributed by atoms with Crippen molar-refractivity contribution in [1.82, 2.24) is 10.2 Å². The Hall–Kier alpha value is -3.92. The molecule has 2 aromatic rings. The van der Waals surface area contributed by atoms with Gasteiger partial charge >= 0.3 is 0 Å². The molecule has 2 saturated heterocycles. The molecule has 6 rings (SSSR count). The number of amides is 4. The maximum absolute atomic E-state index is 13.9. The van der Waals surface area contributed by atoms with Gasteiger partial charge in [-0.1, -0.05) is 31.2 Å². The number of hydrogen-bond donors (Lipinski definition) is 3. The van der Waals surface area contributed by atoms with Crippen molar-refractivity contribution >= 4 is 29.3 Å². The van der Waals surface area contributed by atoms with Crippen LogP contribution in [0.5, 0.6) is 11.5 Å². The van der Waals surface area contributed by atoms with E-state index in [1.807, 2.05) is 25.1 Å². The zero-order valence-electron chi connectivity index (χ0n) is 19.7. The minimum Gasteiger partial charge on any atom is -0.454 e. The van der Waals surface area contributed by atoms with Crippen molar-refractivity contribution in [3.05, 3.63) is 53.1 Å². The molecule has 0 bridgehead atoms. The first-order chi connectivity index (χ1) is 17.3. The fourth-order valence-electron chi connectivity index (χ4n) is 6.17. The Balaban J connectivity index is 1.41. The number of imide groups is 1. The van der Waals surface area contributed by atoms with Crippen molar-refractivity contribution in [1.29, 1.82) is 0 Å². The standard InChI is InChI=1S/C26H26N4O6/c1-2-14-4-3-5-15-22(14)28-25(34)26(15)21-20(16(29-26)7-9-19(27)31)23(32)30(24(21)33)11-13-6-8-17-18(10-13)36-12-35-17/h3-6,8,10,16,20-21,29H,2,7,9,11-12H2,1H3,(H2,27,31)(H,28,34)/t16?,20-,21+,26?/m1/s1. The van der Waals surface area contributed by atoms with E-state index in [1.54, 1.807) is 18.2 Å². The van der Waals surface area contributed by atoms with E-state index in [0.29, 0.717) is 34.7 Å². The quantitative estimate of drug-likeness (QED) is 0.516. The van der Waals surface area contributed by atoms with Crippen molar-refractivity contribution in [2.75, 3.05) is 12.1 Å². The van der Waals surface area contributed by atoms with Gasteiger partial charge in [-0.25, -0.2) is 0 Å². The molecule has 2 fully saturated rings. The fraction of sp³-hybridized carbons (Fsp3) is 0.385. The largest absolute Gasteiger partial charge is 0.454 e. The highest BCUT2D eigenvalue weighted by Gasteiger charge is 2.70. The molecule has 4 atom stereocenters. The first-order valence-corrected chi connectivity index (χ1v) is 12.1. The summed E-state index contributed by atoms with van der Waals surface area (Å²) in [6.45, 7) is 2.16. The Morgan fingerprint density at radius 1 is 1.14 bits per heavy atom. The molecular formula is C26H26N4O6. The minimum atomic E-state index is -1.40. The summed E-state index contributed by atoms with van der Waals surface area (Å²) in [4.78, 5) is 54.1. The number of hydrogen-bond acceptors (Lipinski definition) is 7. The van der Waals surface area contributed by atoms with E-state index >= 15 is 0 Å². The lowest BCUT2D eigenvalue weighted by molar-refractivity contribution is -0.143. The Kier molecular flexibility index (Phi) is 5.04. The summed E-state index contributed by atoms with van der Waals surface area (Å²) in [5, 5.41) is 6.31. The van der Waals surface area contributed by atoms with Gasteiger partial charge in [0.2, 0.25) is 30.4 Å². The van der Waals surface area contributed by atoms with E-state index in [9.17, 15) is 19.2 Å². The summed E-state index contributed by atoms with van der Waals surface area (Å²) < 4.78 is 10.8.